The first-order valence-corrected chi connectivity index (χ1v) is 4.64. The van der Waals surface area contributed by atoms with Crippen LogP contribution in [0.4, 0.5) is 0 Å². The number of primary amides is 1. The number of carboxylic acids is 1. The molecule has 0 bridgehead atoms. The van der Waals surface area contributed by atoms with Gasteiger partial charge < -0.3 is 15.7 Å². The van der Waals surface area contributed by atoms with Crippen LogP contribution in [0.1, 0.15) is 26.7 Å². The minimum atomic E-state index is -1.04. The number of hydrogen-bond acceptors (Lipinski definition) is 3. The topological polar surface area (TPSA) is 101 Å². The largest absolute Gasteiger partial charge is 0.481 e. The summed E-state index contributed by atoms with van der Waals surface area (Å²) in [6.07, 6.45) is -0.346. The van der Waals surface area contributed by atoms with E-state index in [4.69, 9.17) is 10.8 Å². The second-order valence-electron chi connectivity index (χ2n) is 3.48. The van der Waals surface area contributed by atoms with Gasteiger partial charge in [0.15, 0.2) is 0 Å². The number of amides is 2. The van der Waals surface area contributed by atoms with Gasteiger partial charge in [-0.2, -0.15) is 0 Å². The summed E-state index contributed by atoms with van der Waals surface area (Å²) in [5.74, 6) is -2.01. The van der Waals surface area contributed by atoms with Crippen molar-refractivity contribution in [2.75, 3.05) is 6.54 Å². The molecule has 86 valence electrons. The molecule has 15 heavy (non-hydrogen) atoms. The predicted octanol–water partition coefficient (Wildman–Crippen LogP) is -0.426. The van der Waals surface area contributed by atoms with E-state index < -0.39 is 11.9 Å². The number of carbonyl (C=O) groups excluding carboxylic acids is 2. The Labute approximate surface area is 88.0 Å². The third-order valence-corrected chi connectivity index (χ3v) is 1.82. The van der Waals surface area contributed by atoms with E-state index >= 15 is 0 Å². The first-order chi connectivity index (χ1) is 6.84. The van der Waals surface area contributed by atoms with Crippen LogP contribution in [0.5, 0.6) is 0 Å². The van der Waals surface area contributed by atoms with E-state index in [1.807, 2.05) is 0 Å². The first-order valence-electron chi connectivity index (χ1n) is 4.64. The van der Waals surface area contributed by atoms with Gasteiger partial charge >= 0.3 is 5.97 Å². The molecule has 2 amide bonds. The van der Waals surface area contributed by atoms with Crippen LogP contribution in [0.3, 0.4) is 0 Å². The van der Waals surface area contributed by atoms with Crippen LogP contribution in [0.25, 0.3) is 0 Å². The van der Waals surface area contributed by atoms with Gasteiger partial charge in [0, 0.05) is 12.5 Å². The Morgan fingerprint density at radius 2 is 1.80 bits per heavy atom. The molecule has 0 atom stereocenters. The molecular formula is C9H16N2O4. The first kappa shape index (κ1) is 13.4. The number of carbonyl (C=O) groups is 3. The fourth-order valence-electron chi connectivity index (χ4n) is 1.08. The molecule has 0 aliphatic rings. The second-order valence-corrected chi connectivity index (χ2v) is 3.48. The maximum atomic E-state index is 11.5. The van der Waals surface area contributed by atoms with Gasteiger partial charge in [-0.1, -0.05) is 0 Å². The van der Waals surface area contributed by atoms with E-state index in [-0.39, 0.29) is 31.3 Å². The molecule has 6 heteroatoms. The van der Waals surface area contributed by atoms with Gasteiger partial charge in [-0.3, -0.25) is 14.4 Å². The highest BCUT2D eigenvalue weighted by Gasteiger charge is 2.19. The zero-order valence-electron chi connectivity index (χ0n) is 8.90. The van der Waals surface area contributed by atoms with Crippen molar-refractivity contribution in [3.05, 3.63) is 0 Å². The zero-order chi connectivity index (χ0) is 12.0. The molecule has 6 nitrogen and oxygen atoms in total. The van der Waals surface area contributed by atoms with Crippen LogP contribution in [0.2, 0.25) is 0 Å². The molecule has 0 spiro atoms. The zero-order valence-corrected chi connectivity index (χ0v) is 8.90. The van der Waals surface area contributed by atoms with Gasteiger partial charge in [0.25, 0.3) is 0 Å². The van der Waals surface area contributed by atoms with Gasteiger partial charge in [0.05, 0.1) is 13.0 Å². The van der Waals surface area contributed by atoms with Gasteiger partial charge in [-0.05, 0) is 13.8 Å². The molecule has 0 aliphatic carbocycles. The molecule has 0 heterocycles. The molecule has 0 rings (SSSR count). The number of aliphatic carboxylic acids is 1. The Balaban J connectivity index is 4.29. The van der Waals surface area contributed by atoms with E-state index in [0.29, 0.717) is 0 Å². The van der Waals surface area contributed by atoms with Crippen molar-refractivity contribution in [3.63, 3.8) is 0 Å². The van der Waals surface area contributed by atoms with Gasteiger partial charge in [0.2, 0.25) is 11.8 Å². The molecule has 0 aromatic carbocycles. The lowest BCUT2D eigenvalue weighted by Gasteiger charge is -2.25. The van der Waals surface area contributed by atoms with E-state index in [1.54, 1.807) is 13.8 Å². The second kappa shape index (κ2) is 6.00. The van der Waals surface area contributed by atoms with Gasteiger partial charge in [-0.25, -0.2) is 0 Å². The van der Waals surface area contributed by atoms with Crippen molar-refractivity contribution >= 4 is 17.8 Å². The number of nitrogens with two attached hydrogens (primary N) is 1. The number of carboxylic acid groups (broad SMARTS) is 1. The quantitative estimate of drug-likeness (QED) is 0.629. The maximum absolute atomic E-state index is 11.5. The average Bonchev–Trinajstić information content (AvgIpc) is 2.09. The van der Waals surface area contributed by atoms with Crippen LogP contribution in [-0.2, 0) is 14.4 Å². The lowest BCUT2D eigenvalue weighted by atomic mass is 10.2. The molecule has 0 aromatic rings. The molecule has 0 fully saturated rings. The Bertz CT molecular complexity index is 263. The standard InChI is InChI=1S/C9H16N2O4/c1-6(2)11(5-7(10)12)8(13)3-4-9(14)15/h6H,3-5H2,1-2H3,(H2,10,12)(H,14,15). The molecule has 0 aromatic heterocycles. The summed E-state index contributed by atoms with van der Waals surface area (Å²) in [5.41, 5.74) is 4.98. The van der Waals surface area contributed by atoms with Crippen molar-refractivity contribution < 1.29 is 19.5 Å². The lowest BCUT2D eigenvalue weighted by Crippen LogP contribution is -2.42. The van der Waals surface area contributed by atoms with Crippen molar-refractivity contribution in [2.24, 2.45) is 5.73 Å². The SMILES string of the molecule is CC(C)N(CC(N)=O)C(=O)CCC(=O)O. The fraction of sp³-hybridized carbons (Fsp3) is 0.667. The third-order valence-electron chi connectivity index (χ3n) is 1.82. The summed E-state index contributed by atoms with van der Waals surface area (Å²) >= 11 is 0. The Hall–Kier alpha value is -1.59. The Kier molecular flexibility index (Phi) is 5.36. The van der Waals surface area contributed by atoms with E-state index in [2.05, 4.69) is 0 Å². The molecule has 0 saturated carbocycles. The van der Waals surface area contributed by atoms with Crippen molar-refractivity contribution in [2.45, 2.75) is 32.7 Å². The Morgan fingerprint density at radius 1 is 1.27 bits per heavy atom. The molecular weight excluding hydrogens is 200 g/mol. The number of hydrogen-bond donors (Lipinski definition) is 2. The van der Waals surface area contributed by atoms with Crippen molar-refractivity contribution in [1.29, 1.82) is 0 Å². The number of rotatable bonds is 6. The Morgan fingerprint density at radius 3 is 2.13 bits per heavy atom. The monoisotopic (exact) mass is 216 g/mol. The predicted molar refractivity (Wildman–Crippen MR) is 52.9 cm³/mol. The van der Waals surface area contributed by atoms with Crippen LogP contribution in [0.15, 0.2) is 0 Å². The highest BCUT2D eigenvalue weighted by atomic mass is 16.4. The van der Waals surface area contributed by atoms with Crippen LogP contribution >= 0.6 is 0 Å². The van der Waals surface area contributed by atoms with E-state index in [1.165, 1.54) is 4.90 Å². The molecule has 0 aliphatic heterocycles. The molecule has 3 N–H and O–H groups in total. The highest BCUT2D eigenvalue weighted by molar-refractivity contribution is 5.85. The summed E-state index contributed by atoms with van der Waals surface area (Å²) < 4.78 is 0. The summed E-state index contributed by atoms with van der Waals surface area (Å²) in [7, 11) is 0. The maximum Gasteiger partial charge on any atom is 0.303 e. The summed E-state index contributed by atoms with van der Waals surface area (Å²) in [6.45, 7) is 3.30. The fourth-order valence-corrected chi connectivity index (χ4v) is 1.08. The van der Waals surface area contributed by atoms with E-state index in [9.17, 15) is 14.4 Å². The third kappa shape index (κ3) is 5.66. The van der Waals surface area contributed by atoms with Gasteiger partial charge in [-0.15, -0.1) is 0 Å². The minimum Gasteiger partial charge on any atom is -0.481 e. The molecule has 0 unspecified atom stereocenters. The normalized spacial score (nSPS) is 10.1. The number of nitrogens with zero attached hydrogens (tertiary/aromatic N) is 1. The summed E-state index contributed by atoms with van der Waals surface area (Å²) in [5, 5.41) is 8.40. The van der Waals surface area contributed by atoms with Crippen molar-refractivity contribution in [3.8, 4) is 0 Å². The van der Waals surface area contributed by atoms with Crippen LogP contribution < -0.4 is 5.73 Å². The summed E-state index contributed by atoms with van der Waals surface area (Å²) in [6, 6.07) is -0.168. The smallest absolute Gasteiger partial charge is 0.303 e. The summed E-state index contributed by atoms with van der Waals surface area (Å²) in [4.78, 5) is 33.7. The highest BCUT2D eigenvalue weighted by Crippen LogP contribution is 2.03. The van der Waals surface area contributed by atoms with E-state index in [0.717, 1.165) is 0 Å². The average molecular weight is 216 g/mol. The van der Waals surface area contributed by atoms with Crippen molar-refractivity contribution in [1.82, 2.24) is 4.90 Å². The lowest BCUT2D eigenvalue weighted by molar-refractivity contribution is -0.142. The van der Waals surface area contributed by atoms with Crippen LogP contribution in [0, 0.1) is 0 Å². The minimum absolute atomic E-state index is 0.110. The van der Waals surface area contributed by atoms with Gasteiger partial charge in [0.1, 0.15) is 0 Å². The molecule has 0 radical (unpaired) electrons. The van der Waals surface area contributed by atoms with Crippen LogP contribution in [-0.4, -0.2) is 40.4 Å². The molecule has 0 saturated heterocycles.